The second kappa shape index (κ2) is 6.78. The van der Waals surface area contributed by atoms with Crippen LogP contribution in [0.3, 0.4) is 0 Å². The van der Waals surface area contributed by atoms with E-state index in [1.54, 1.807) is 23.1 Å². The van der Waals surface area contributed by atoms with Gasteiger partial charge in [-0.05, 0) is 19.1 Å². The second-order valence-electron chi connectivity index (χ2n) is 4.80. The number of methoxy groups -OCH3 is 2. The van der Waals surface area contributed by atoms with E-state index in [-0.39, 0.29) is 18.6 Å². The zero-order valence-corrected chi connectivity index (χ0v) is 12.5. The van der Waals surface area contributed by atoms with Crippen LogP contribution < -0.4 is 9.47 Å². The van der Waals surface area contributed by atoms with Gasteiger partial charge < -0.3 is 24.2 Å². The Morgan fingerprint density at radius 1 is 1.38 bits per heavy atom. The minimum Gasteiger partial charge on any atom is -0.493 e. The zero-order chi connectivity index (χ0) is 15.4. The van der Waals surface area contributed by atoms with E-state index in [0.29, 0.717) is 30.2 Å². The number of aliphatic hydroxyl groups excluding tert-OH is 1. The SMILES string of the molecule is CCN(C(=O)c1cccc(OC)c1OC)[C@H]1COC[C@@H]1O. The van der Waals surface area contributed by atoms with Gasteiger partial charge in [0.15, 0.2) is 11.5 Å². The first-order chi connectivity index (χ1) is 10.1. The number of rotatable bonds is 5. The average molecular weight is 295 g/mol. The minimum absolute atomic E-state index is 0.206. The molecule has 1 saturated heterocycles. The fourth-order valence-electron chi connectivity index (χ4n) is 2.57. The normalized spacial score (nSPS) is 21.1. The van der Waals surface area contributed by atoms with Crippen LogP contribution in [0.5, 0.6) is 11.5 Å². The summed E-state index contributed by atoms with van der Waals surface area (Å²) in [6.45, 7) is 2.94. The monoisotopic (exact) mass is 295 g/mol. The largest absolute Gasteiger partial charge is 0.493 e. The average Bonchev–Trinajstić information content (AvgIpc) is 2.93. The minimum atomic E-state index is -0.662. The maximum Gasteiger partial charge on any atom is 0.258 e. The smallest absolute Gasteiger partial charge is 0.258 e. The number of carbonyl (C=O) groups is 1. The molecule has 116 valence electrons. The van der Waals surface area contributed by atoms with Crippen LogP contribution >= 0.6 is 0 Å². The molecule has 1 aromatic carbocycles. The number of amides is 1. The van der Waals surface area contributed by atoms with E-state index in [1.165, 1.54) is 14.2 Å². The lowest BCUT2D eigenvalue weighted by molar-refractivity contribution is 0.0517. The van der Waals surface area contributed by atoms with Crippen molar-refractivity contribution < 1.29 is 24.1 Å². The molecule has 0 unspecified atom stereocenters. The van der Waals surface area contributed by atoms with Crippen LogP contribution in [0.2, 0.25) is 0 Å². The lowest BCUT2D eigenvalue weighted by Crippen LogP contribution is -2.46. The standard InChI is InChI=1S/C15H21NO5/c1-4-16(11-8-21-9-12(11)17)15(18)10-6-5-7-13(19-2)14(10)20-3/h5-7,11-12,17H,4,8-9H2,1-3H3/t11-,12-/m0/s1. The van der Waals surface area contributed by atoms with Gasteiger partial charge in [-0.2, -0.15) is 0 Å². The molecule has 0 aromatic heterocycles. The van der Waals surface area contributed by atoms with Crippen molar-refractivity contribution in [1.29, 1.82) is 0 Å². The fourth-order valence-corrected chi connectivity index (χ4v) is 2.57. The van der Waals surface area contributed by atoms with Crippen LogP contribution in [-0.4, -0.2) is 62.0 Å². The Hall–Kier alpha value is -1.79. The molecule has 1 heterocycles. The van der Waals surface area contributed by atoms with E-state index in [4.69, 9.17) is 14.2 Å². The number of hydrogen-bond acceptors (Lipinski definition) is 5. The molecule has 1 amide bonds. The Labute approximate surface area is 124 Å². The number of hydrogen-bond donors (Lipinski definition) is 1. The molecule has 2 rings (SSSR count). The van der Waals surface area contributed by atoms with Crippen molar-refractivity contribution in [1.82, 2.24) is 4.90 Å². The van der Waals surface area contributed by atoms with Gasteiger partial charge >= 0.3 is 0 Å². The number of para-hydroxylation sites is 1. The highest BCUT2D eigenvalue weighted by Crippen LogP contribution is 2.32. The molecule has 1 aliphatic rings. The quantitative estimate of drug-likeness (QED) is 0.875. The molecule has 0 saturated carbocycles. The first kappa shape index (κ1) is 15.6. The van der Waals surface area contributed by atoms with Crippen molar-refractivity contribution in [2.24, 2.45) is 0 Å². The number of ether oxygens (including phenoxy) is 3. The molecule has 6 heteroatoms. The molecule has 1 N–H and O–H groups in total. The number of likely N-dealkylation sites (N-methyl/N-ethyl adjacent to an activating group) is 1. The Bertz CT molecular complexity index is 505. The highest BCUT2D eigenvalue weighted by atomic mass is 16.5. The topological polar surface area (TPSA) is 68.2 Å². The van der Waals surface area contributed by atoms with Crippen molar-refractivity contribution >= 4 is 5.91 Å². The maximum atomic E-state index is 12.8. The lowest BCUT2D eigenvalue weighted by atomic mass is 10.1. The predicted molar refractivity (Wildman–Crippen MR) is 76.9 cm³/mol. The van der Waals surface area contributed by atoms with Crippen LogP contribution in [0.4, 0.5) is 0 Å². The number of aliphatic hydroxyl groups is 1. The van der Waals surface area contributed by atoms with Gasteiger partial charge in [-0.3, -0.25) is 4.79 Å². The number of nitrogens with zero attached hydrogens (tertiary/aromatic N) is 1. The highest BCUT2D eigenvalue weighted by Gasteiger charge is 2.35. The maximum absolute atomic E-state index is 12.8. The third-order valence-electron chi connectivity index (χ3n) is 3.66. The number of carbonyl (C=O) groups excluding carboxylic acids is 1. The van der Waals surface area contributed by atoms with Crippen molar-refractivity contribution in [2.45, 2.75) is 19.1 Å². The van der Waals surface area contributed by atoms with E-state index in [9.17, 15) is 9.90 Å². The fraction of sp³-hybridized carbons (Fsp3) is 0.533. The first-order valence-electron chi connectivity index (χ1n) is 6.91. The van der Waals surface area contributed by atoms with Gasteiger partial charge in [0.1, 0.15) is 0 Å². The van der Waals surface area contributed by atoms with E-state index in [1.807, 2.05) is 6.92 Å². The Kier molecular flexibility index (Phi) is 5.03. The van der Waals surface area contributed by atoms with Crippen molar-refractivity contribution in [3.8, 4) is 11.5 Å². The summed E-state index contributed by atoms with van der Waals surface area (Å²) in [7, 11) is 3.02. The van der Waals surface area contributed by atoms with Crippen LogP contribution in [0.1, 0.15) is 17.3 Å². The van der Waals surface area contributed by atoms with Crippen molar-refractivity contribution in [3.63, 3.8) is 0 Å². The molecule has 1 aromatic rings. The van der Waals surface area contributed by atoms with E-state index < -0.39 is 6.10 Å². The third kappa shape index (κ3) is 2.96. The molecule has 0 bridgehead atoms. The molecule has 0 spiro atoms. The first-order valence-corrected chi connectivity index (χ1v) is 6.91. The molecular formula is C15H21NO5. The molecule has 1 fully saturated rings. The molecular weight excluding hydrogens is 274 g/mol. The summed E-state index contributed by atoms with van der Waals surface area (Å²) >= 11 is 0. The summed E-state index contributed by atoms with van der Waals surface area (Å²) in [5.41, 5.74) is 0.415. The summed E-state index contributed by atoms with van der Waals surface area (Å²) in [4.78, 5) is 14.4. The van der Waals surface area contributed by atoms with Gasteiger partial charge in [0.25, 0.3) is 5.91 Å². The van der Waals surface area contributed by atoms with Gasteiger partial charge in [0.05, 0.1) is 45.1 Å². The third-order valence-corrected chi connectivity index (χ3v) is 3.66. The van der Waals surface area contributed by atoms with Gasteiger partial charge in [-0.1, -0.05) is 6.07 Å². The van der Waals surface area contributed by atoms with Gasteiger partial charge in [0, 0.05) is 6.54 Å². The van der Waals surface area contributed by atoms with E-state index in [0.717, 1.165) is 0 Å². The van der Waals surface area contributed by atoms with Gasteiger partial charge in [-0.15, -0.1) is 0 Å². The molecule has 1 aliphatic heterocycles. The lowest BCUT2D eigenvalue weighted by Gasteiger charge is -2.29. The summed E-state index contributed by atoms with van der Waals surface area (Å²) in [6.07, 6.45) is -0.662. The summed E-state index contributed by atoms with van der Waals surface area (Å²) < 4.78 is 15.8. The van der Waals surface area contributed by atoms with Gasteiger partial charge in [-0.25, -0.2) is 0 Å². The Morgan fingerprint density at radius 2 is 2.14 bits per heavy atom. The van der Waals surface area contributed by atoms with Crippen LogP contribution in [-0.2, 0) is 4.74 Å². The molecule has 0 aliphatic carbocycles. The second-order valence-corrected chi connectivity index (χ2v) is 4.80. The zero-order valence-electron chi connectivity index (χ0n) is 12.5. The highest BCUT2D eigenvalue weighted by molar-refractivity contribution is 5.98. The molecule has 21 heavy (non-hydrogen) atoms. The van der Waals surface area contributed by atoms with Crippen LogP contribution in [0.25, 0.3) is 0 Å². The predicted octanol–water partition coefficient (Wildman–Crippen LogP) is 0.926. The Balaban J connectivity index is 2.33. The van der Waals surface area contributed by atoms with Crippen LogP contribution in [0.15, 0.2) is 18.2 Å². The summed E-state index contributed by atoms with van der Waals surface area (Å²) in [5, 5.41) is 9.94. The van der Waals surface area contributed by atoms with E-state index in [2.05, 4.69) is 0 Å². The summed E-state index contributed by atoms with van der Waals surface area (Å²) in [6, 6.07) is 4.83. The van der Waals surface area contributed by atoms with Crippen LogP contribution in [0, 0.1) is 0 Å². The molecule has 0 radical (unpaired) electrons. The molecule has 2 atom stereocenters. The van der Waals surface area contributed by atoms with Crippen molar-refractivity contribution in [2.75, 3.05) is 34.0 Å². The summed E-state index contributed by atoms with van der Waals surface area (Å²) in [5.74, 6) is 0.697. The van der Waals surface area contributed by atoms with E-state index >= 15 is 0 Å². The number of benzene rings is 1. The van der Waals surface area contributed by atoms with Crippen molar-refractivity contribution in [3.05, 3.63) is 23.8 Å². The molecule has 6 nitrogen and oxygen atoms in total. The Morgan fingerprint density at radius 3 is 2.67 bits per heavy atom. The van der Waals surface area contributed by atoms with Gasteiger partial charge in [0.2, 0.25) is 0 Å².